The molecular formula is C23H24O. The second kappa shape index (κ2) is 6.92. The summed E-state index contributed by atoms with van der Waals surface area (Å²) in [5, 5.41) is 0. The minimum atomic E-state index is 0.593. The molecule has 0 heterocycles. The summed E-state index contributed by atoms with van der Waals surface area (Å²) in [6, 6.07) is 21.2. The lowest BCUT2D eigenvalue weighted by atomic mass is 9.97. The molecule has 0 N–H and O–H groups in total. The van der Waals surface area contributed by atoms with Gasteiger partial charge in [-0.15, -0.1) is 0 Å². The fraction of sp³-hybridized carbons (Fsp3) is 0.217. The molecule has 1 heteroatoms. The highest BCUT2D eigenvalue weighted by atomic mass is 16.5. The molecule has 0 bridgehead atoms. The van der Waals surface area contributed by atoms with Crippen molar-refractivity contribution < 1.29 is 4.74 Å². The summed E-state index contributed by atoms with van der Waals surface area (Å²) in [7, 11) is 0. The third-order valence-electron chi connectivity index (χ3n) is 4.92. The molecule has 0 fully saturated rings. The van der Waals surface area contributed by atoms with Crippen LogP contribution in [0.1, 0.15) is 27.8 Å². The number of ether oxygens (including phenoxy) is 1. The molecule has 0 atom stereocenters. The number of benzene rings is 3. The summed E-state index contributed by atoms with van der Waals surface area (Å²) in [5.41, 5.74) is 8.88. The van der Waals surface area contributed by atoms with E-state index in [1.54, 1.807) is 0 Å². The molecule has 24 heavy (non-hydrogen) atoms. The number of hydrogen-bond donors (Lipinski definition) is 0. The van der Waals surface area contributed by atoms with Crippen molar-refractivity contribution in [1.29, 1.82) is 0 Å². The maximum Gasteiger partial charge on any atom is 0.122 e. The molecular weight excluding hydrogens is 292 g/mol. The molecule has 0 spiro atoms. The molecule has 3 aromatic carbocycles. The van der Waals surface area contributed by atoms with Crippen molar-refractivity contribution in [2.75, 3.05) is 0 Å². The van der Waals surface area contributed by atoms with Crippen LogP contribution in [0.4, 0.5) is 0 Å². The average molecular weight is 316 g/mol. The largest absolute Gasteiger partial charge is 0.489 e. The van der Waals surface area contributed by atoms with Crippen molar-refractivity contribution in [2.24, 2.45) is 0 Å². The van der Waals surface area contributed by atoms with Crippen LogP contribution in [0, 0.1) is 27.7 Å². The van der Waals surface area contributed by atoms with Crippen molar-refractivity contribution >= 4 is 0 Å². The molecule has 0 aliphatic rings. The number of hydrogen-bond acceptors (Lipinski definition) is 1. The summed E-state index contributed by atoms with van der Waals surface area (Å²) >= 11 is 0. The molecule has 0 saturated heterocycles. The van der Waals surface area contributed by atoms with Gasteiger partial charge in [0, 0.05) is 0 Å². The molecule has 1 nitrogen and oxygen atoms in total. The van der Waals surface area contributed by atoms with Crippen LogP contribution < -0.4 is 4.74 Å². The van der Waals surface area contributed by atoms with E-state index in [4.69, 9.17) is 4.74 Å². The highest BCUT2D eigenvalue weighted by molar-refractivity contribution is 5.68. The monoisotopic (exact) mass is 316 g/mol. The van der Waals surface area contributed by atoms with Gasteiger partial charge in [0.05, 0.1) is 0 Å². The van der Waals surface area contributed by atoms with Gasteiger partial charge in [-0.3, -0.25) is 0 Å². The molecule has 0 amide bonds. The number of rotatable bonds is 4. The average Bonchev–Trinajstić information content (AvgIpc) is 2.61. The first-order valence-electron chi connectivity index (χ1n) is 8.41. The van der Waals surface area contributed by atoms with Crippen LogP contribution in [-0.2, 0) is 6.61 Å². The van der Waals surface area contributed by atoms with Crippen molar-refractivity contribution in [3.63, 3.8) is 0 Å². The normalized spacial score (nSPS) is 10.7. The van der Waals surface area contributed by atoms with E-state index in [9.17, 15) is 0 Å². The van der Waals surface area contributed by atoms with E-state index in [-0.39, 0.29) is 0 Å². The van der Waals surface area contributed by atoms with Crippen LogP contribution in [0.5, 0.6) is 5.75 Å². The van der Waals surface area contributed by atoms with E-state index in [1.165, 1.54) is 38.9 Å². The molecule has 0 unspecified atom stereocenters. The van der Waals surface area contributed by atoms with Crippen molar-refractivity contribution in [3.05, 3.63) is 88.5 Å². The Morgan fingerprint density at radius 1 is 0.667 bits per heavy atom. The molecule has 122 valence electrons. The standard InChI is InChI=1S/C23H24O/c1-16-13-14-23(18(3)17(16)2)24-15-21-11-8-12-22(19(21)4)20-9-6-5-7-10-20/h5-14H,15H2,1-4H3. The Bertz CT molecular complexity index is 847. The van der Waals surface area contributed by atoms with Gasteiger partial charge in [0.15, 0.2) is 0 Å². The van der Waals surface area contributed by atoms with E-state index in [0.29, 0.717) is 6.61 Å². The third kappa shape index (κ3) is 3.21. The zero-order chi connectivity index (χ0) is 17.1. The quantitative estimate of drug-likeness (QED) is 0.559. The molecule has 0 saturated carbocycles. The lowest BCUT2D eigenvalue weighted by Crippen LogP contribution is -2.01. The minimum Gasteiger partial charge on any atom is -0.489 e. The fourth-order valence-corrected chi connectivity index (χ4v) is 3.01. The minimum absolute atomic E-state index is 0.593. The summed E-state index contributed by atoms with van der Waals surface area (Å²) in [6.45, 7) is 9.19. The van der Waals surface area contributed by atoms with E-state index in [1.807, 2.05) is 6.07 Å². The van der Waals surface area contributed by atoms with Crippen LogP contribution in [-0.4, -0.2) is 0 Å². The second-order valence-electron chi connectivity index (χ2n) is 6.37. The maximum atomic E-state index is 6.13. The van der Waals surface area contributed by atoms with Gasteiger partial charge in [-0.2, -0.15) is 0 Å². The Labute approximate surface area is 144 Å². The highest BCUT2D eigenvalue weighted by Crippen LogP contribution is 2.28. The Morgan fingerprint density at radius 3 is 2.17 bits per heavy atom. The summed E-state index contributed by atoms with van der Waals surface area (Å²) in [4.78, 5) is 0. The van der Waals surface area contributed by atoms with Gasteiger partial charge >= 0.3 is 0 Å². The van der Waals surface area contributed by atoms with Gasteiger partial charge in [0.25, 0.3) is 0 Å². The summed E-state index contributed by atoms with van der Waals surface area (Å²) < 4.78 is 6.13. The molecule has 0 aromatic heterocycles. The first kappa shape index (κ1) is 16.3. The molecule has 0 aliphatic heterocycles. The maximum absolute atomic E-state index is 6.13. The van der Waals surface area contributed by atoms with Gasteiger partial charge < -0.3 is 4.74 Å². The molecule has 3 aromatic rings. The highest BCUT2D eigenvalue weighted by Gasteiger charge is 2.09. The molecule has 0 aliphatic carbocycles. The predicted octanol–water partition coefficient (Wildman–Crippen LogP) is 6.17. The lowest BCUT2D eigenvalue weighted by molar-refractivity contribution is 0.303. The molecule has 3 rings (SSSR count). The van der Waals surface area contributed by atoms with E-state index >= 15 is 0 Å². The Morgan fingerprint density at radius 2 is 1.42 bits per heavy atom. The van der Waals surface area contributed by atoms with Gasteiger partial charge in [-0.1, -0.05) is 54.6 Å². The van der Waals surface area contributed by atoms with E-state index < -0.39 is 0 Å². The SMILES string of the molecule is Cc1ccc(OCc2cccc(-c3ccccc3)c2C)c(C)c1C. The Hall–Kier alpha value is -2.54. The summed E-state index contributed by atoms with van der Waals surface area (Å²) in [5.74, 6) is 0.975. The van der Waals surface area contributed by atoms with Gasteiger partial charge in [0.2, 0.25) is 0 Å². The third-order valence-corrected chi connectivity index (χ3v) is 4.92. The fourth-order valence-electron chi connectivity index (χ4n) is 3.01. The van der Waals surface area contributed by atoms with Crippen LogP contribution >= 0.6 is 0 Å². The lowest BCUT2D eigenvalue weighted by Gasteiger charge is -2.15. The molecule has 0 radical (unpaired) electrons. The first-order chi connectivity index (χ1) is 11.6. The predicted molar refractivity (Wildman–Crippen MR) is 102 cm³/mol. The van der Waals surface area contributed by atoms with Crippen LogP contribution in [0.15, 0.2) is 60.7 Å². The topological polar surface area (TPSA) is 9.23 Å². The Kier molecular flexibility index (Phi) is 4.71. The Balaban J connectivity index is 1.86. The van der Waals surface area contributed by atoms with Gasteiger partial charge in [0.1, 0.15) is 12.4 Å². The van der Waals surface area contributed by atoms with E-state index in [0.717, 1.165) is 5.75 Å². The van der Waals surface area contributed by atoms with Crippen LogP contribution in [0.25, 0.3) is 11.1 Å². The zero-order valence-corrected chi connectivity index (χ0v) is 14.9. The van der Waals surface area contributed by atoms with Crippen molar-refractivity contribution in [2.45, 2.75) is 34.3 Å². The summed E-state index contributed by atoms with van der Waals surface area (Å²) in [6.07, 6.45) is 0. The zero-order valence-electron chi connectivity index (χ0n) is 14.9. The second-order valence-corrected chi connectivity index (χ2v) is 6.37. The van der Waals surface area contributed by atoms with Gasteiger partial charge in [-0.25, -0.2) is 0 Å². The van der Waals surface area contributed by atoms with Crippen LogP contribution in [0.2, 0.25) is 0 Å². The van der Waals surface area contributed by atoms with E-state index in [2.05, 4.69) is 82.3 Å². The number of aryl methyl sites for hydroxylation is 1. The first-order valence-corrected chi connectivity index (χ1v) is 8.41. The van der Waals surface area contributed by atoms with Gasteiger partial charge in [-0.05, 0) is 72.7 Å². The van der Waals surface area contributed by atoms with Crippen molar-refractivity contribution in [3.8, 4) is 16.9 Å². The van der Waals surface area contributed by atoms with Crippen LogP contribution in [0.3, 0.4) is 0 Å². The van der Waals surface area contributed by atoms with Crippen molar-refractivity contribution in [1.82, 2.24) is 0 Å². The smallest absolute Gasteiger partial charge is 0.122 e.